The highest BCUT2D eigenvalue weighted by Gasteiger charge is 2.44. The van der Waals surface area contributed by atoms with Crippen molar-refractivity contribution in [3.05, 3.63) is 116 Å². The van der Waals surface area contributed by atoms with Crippen molar-refractivity contribution in [3.8, 4) is 22.8 Å². The Balaban J connectivity index is 0.000000170. The highest BCUT2D eigenvalue weighted by molar-refractivity contribution is 9.10. The van der Waals surface area contributed by atoms with Gasteiger partial charge in [0.25, 0.3) is 0 Å². The maximum Gasteiger partial charge on any atom is 0.358 e. The number of carbonyl (C=O) groups is 3. The lowest BCUT2D eigenvalue weighted by atomic mass is 9.75. The molecule has 4 aliphatic heterocycles. The molecule has 4 bridgehead atoms. The van der Waals surface area contributed by atoms with E-state index >= 15 is 0 Å². The molecule has 60 heavy (non-hydrogen) atoms. The number of hydrogen-bond acceptors (Lipinski definition) is 10. The number of hydrogen-bond donors (Lipinski definition) is 1. The molecule has 0 radical (unpaired) electrons. The fourth-order valence-electron chi connectivity index (χ4n) is 8.15. The molecule has 2 aromatic carbocycles. The summed E-state index contributed by atoms with van der Waals surface area (Å²) < 4.78 is 45.8. The first-order valence-corrected chi connectivity index (χ1v) is 19.9. The predicted molar refractivity (Wildman–Crippen MR) is 225 cm³/mol. The van der Waals surface area contributed by atoms with Crippen molar-refractivity contribution in [3.63, 3.8) is 0 Å². The summed E-state index contributed by atoms with van der Waals surface area (Å²) in [6, 6.07) is 6.96. The molecule has 8 heterocycles. The lowest BCUT2D eigenvalue weighted by Gasteiger charge is -2.36. The molecule has 0 amide bonds. The van der Waals surface area contributed by atoms with Crippen LogP contribution in [0.4, 0.5) is 8.78 Å². The Kier molecular flexibility index (Phi) is 12.8. The number of rotatable bonds is 5. The van der Waals surface area contributed by atoms with Gasteiger partial charge in [0, 0.05) is 68.3 Å². The lowest BCUT2D eigenvalue weighted by Crippen LogP contribution is -2.26. The van der Waals surface area contributed by atoms with E-state index in [1.807, 2.05) is 9.13 Å². The van der Waals surface area contributed by atoms with E-state index in [0.717, 1.165) is 60.0 Å². The van der Waals surface area contributed by atoms with E-state index in [4.69, 9.17) is 9.47 Å². The van der Waals surface area contributed by atoms with Crippen LogP contribution in [0.15, 0.2) is 64.2 Å². The molecule has 12 rings (SSSR count). The van der Waals surface area contributed by atoms with Gasteiger partial charge in [-0.05, 0) is 105 Å². The van der Waals surface area contributed by atoms with E-state index in [2.05, 4.69) is 51.8 Å². The molecule has 14 nitrogen and oxygen atoms in total. The average molecular weight is 955 g/mol. The second kappa shape index (κ2) is 17.3. The fourth-order valence-corrected chi connectivity index (χ4v) is 8.84. The minimum atomic E-state index is -1.16. The van der Waals surface area contributed by atoms with Crippen molar-refractivity contribution < 1.29 is 37.7 Å². The van der Waals surface area contributed by atoms with Gasteiger partial charge in [-0.25, -0.2) is 38.3 Å². The zero-order chi connectivity index (χ0) is 41.2. The van der Waals surface area contributed by atoms with Crippen LogP contribution in [-0.2, 0) is 23.6 Å². The number of aromatic nitrogens is 8. The molecule has 1 N–H and O–H groups in total. The van der Waals surface area contributed by atoms with E-state index in [1.54, 1.807) is 72.4 Å². The maximum absolute atomic E-state index is 14.2. The number of aliphatic hydroxyl groups is 1. The molecule has 0 saturated heterocycles. The third-order valence-electron chi connectivity index (χ3n) is 11.3. The van der Waals surface area contributed by atoms with Crippen molar-refractivity contribution in [2.45, 2.75) is 70.6 Å². The Hall–Kier alpha value is -5.33. The summed E-state index contributed by atoms with van der Waals surface area (Å²) in [5.41, 5.74) is 4.21. The van der Waals surface area contributed by atoms with Crippen molar-refractivity contribution in [1.82, 2.24) is 38.2 Å². The predicted octanol–water partition coefficient (Wildman–Crippen LogP) is 8.66. The number of benzene rings is 2. The van der Waals surface area contributed by atoms with Gasteiger partial charge in [-0.15, -0.1) is 0 Å². The Bertz CT molecular complexity index is 2610. The summed E-state index contributed by atoms with van der Waals surface area (Å²) in [5, 5.41) is 11.2. The van der Waals surface area contributed by atoms with Gasteiger partial charge >= 0.3 is 11.9 Å². The van der Waals surface area contributed by atoms with Crippen molar-refractivity contribution >= 4 is 50.1 Å². The van der Waals surface area contributed by atoms with Gasteiger partial charge in [0.05, 0.1) is 28.9 Å². The van der Waals surface area contributed by atoms with Crippen molar-refractivity contribution in [1.29, 1.82) is 0 Å². The van der Waals surface area contributed by atoms with Crippen molar-refractivity contribution in [2.75, 3.05) is 14.2 Å². The summed E-state index contributed by atoms with van der Waals surface area (Å²) in [6.07, 6.45) is 11.4. The van der Waals surface area contributed by atoms with E-state index in [0.29, 0.717) is 49.8 Å². The molecule has 1 atom stereocenters. The van der Waals surface area contributed by atoms with Gasteiger partial charge in [0.1, 0.15) is 29.1 Å². The molecule has 1 unspecified atom stereocenters. The zero-order valence-corrected chi connectivity index (χ0v) is 34.7. The molecule has 0 spiro atoms. The summed E-state index contributed by atoms with van der Waals surface area (Å²) in [4.78, 5) is 51.2. The molecule has 2 aliphatic carbocycles. The smallest absolute Gasteiger partial charge is 0.358 e. The summed E-state index contributed by atoms with van der Waals surface area (Å²) in [7, 11) is 6.17. The monoisotopic (exact) mass is 952 g/mol. The second-order valence-electron chi connectivity index (χ2n) is 14.5. The van der Waals surface area contributed by atoms with Crippen LogP contribution >= 0.6 is 31.9 Å². The first-order valence-electron chi connectivity index (χ1n) is 18.3. The minimum absolute atomic E-state index is 0. The number of imidazole rings is 4. The van der Waals surface area contributed by atoms with E-state index in [-0.39, 0.29) is 44.1 Å². The van der Waals surface area contributed by atoms with Gasteiger partial charge in [-0.3, -0.25) is 4.79 Å². The minimum Gasteiger partial charge on any atom is -0.464 e. The third kappa shape index (κ3) is 7.53. The van der Waals surface area contributed by atoms with Crippen LogP contribution in [0.5, 0.6) is 0 Å². The Morgan fingerprint density at radius 3 is 1.87 bits per heavy atom. The average Bonchev–Trinajstić information content (AvgIpc) is 3.95. The number of methoxy groups -OCH3 is 2. The van der Waals surface area contributed by atoms with Crippen LogP contribution in [0, 0.1) is 11.6 Å². The second-order valence-corrected chi connectivity index (χ2v) is 16.3. The maximum atomic E-state index is 14.2. The summed E-state index contributed by atoms with van der Waals surface area (Å²) in [5.74, 6) is 1.05. The molecule has 2 fully saturated rings. The van der Waals surface area contributed by atoms with E-state index in [1.165, 1.54) is 20.3 Å². The van der Waals surface area contributed by atoms with Crippen LogP contribution in [0.2, 0.25) is 0 Å². The molecule has 316 valence electrons. The number of nitrogens with zero attached hydrogens (tertiary/aromatic N) is 8. The largest absolute Gasteiger partial charge is 0.464 e. The fraction of sp³-hybridized carbons (Fsp3) is 0.357. The molecular weight excluding hydrogens is 910 g/mol. The van der Waals surface area contributed by atoms with Crippen LogP contribution < -0.4 is 0 Å². The third-order valence-corrected chi connectivity index (χ3v) is 12.5. The highest BCUT2D eigenvalue weighted by Crippen LogP contribution is 2.55. The molecule has 2 saturated carbocycles. The van der Waals surface area contributed by atoms with Crippen LogP contribution in [-0.4, -0.2) is 75.8 Å². The Morgan fingerprint density at radius 2 is 1.37 bits per heavy atom. The number of aliphatic hydroxyl groups excluding tert-OH is 1. The van der Waals surface area contributed by atoms with Gasteiger partial charge in [-0.2, -0.15) is 0 Å². The number of carbonyl (C=O) groups excluding carboxylic acids is 3. The standard InChI is InChI=1S/C20H18BrFN4O3.C15H12BrFN2O2.C5H6N2O.2CH4/c1-25-4-3-23-19(25)17(27)16-15(20(28)29-2)24-18-12-7-13(21)14(22)8-11(12)9-5-10(6-9)26(16)18;1-21-15(20)13-6-19-8-2-7(3-8)9-5-12(17)11(16)4-10(9)14(19)18-13;1-7-3-2-6-5(7)4-8;;/h3-4,7-10,17,27H,5-6H2,1-2H3;4-8H,2-3H2,1H3;2-4H,1H3;2*1H4. The number of aryl methyl sites for hydroxylation is 2. The van der Waals surface area contributed by atoms with E-state index < -0.39 is 18.0 Å². The summed E-state index contributed by atoms with van der Waals surface area (Å²) >= 11 is 6.49. The van der Waals surface area contributed by atoms with Crippen LogP contribution in [0.25, 0.3) is 22.8 Å². The topological polar surface area (TPSA) is 161 Å². The number of esters is 2. The van der Waals surface area contributed by atoms with Crippen molar-refractivity contribution in [2.24, 2.45) is 14.1 Å². The van der Waals surface area contributed by atoms with Gasteiger partial charge in [0.2, 0.25) is 0 Å². The van der Waals surface area contributed by atoms with Gasteiger partial charge in [-0.1, -0.05) is 14.9 Å². The number of ether oxygens (including phenoxy) is 2. The SMILES string of the molecule is C.C.COC(=O)c1cn2c(n1)-c1cc(Br)c(F)cc1C1CC2C1.COC(=O)c1nc2n(c1C(O)c1nccn1C)C1CC(C1)c1cc(F)c(Br)cc1-2.Cn1ccnc1C=O. The Labute approximate surface area is 361 Å². The molecule has 6 aromatic rings. The molecule has 4 aromatic heterocycles. The molecule has 18 heteroatoms. The zero-order valence-electron chi connectivity index (χ0n) is 31.6. The summed E-state index contributed by atoms with van der Waals surface area (Å²) in [6.45, 7) is 0. The van der Waals surface area contributed by atoms with Gasteiger partial charge < -0.3 is 32.8 Å². The van der Waals surface area contributed by atoms with Gasteiger partial charge in [0.15, 0.2) is 29.6 Å². The first kappa shape index (κ1) is 44.2. The quantitative estimate of drug-likeness (QED) is 0.131. The number of aldehydes is 1. The van der Waals surface area contributed by atoms with Crippen LogP contribution in [0.3, 0.4) is 0 Å². The Morgan fingerprint density at radius 1 is 0.817 bits per heavy atom. The normalized spacial score (nSPS) is 18.7. The molecular formula is C42H44Br2F2N8O6. The lowest BCUT2D eigenvalue weighted by molar-refractivity contribution is 0.0581. The number of halogens is 4. The molecule has 6 aliphatic rings. The first-order chi connectivity index (χ1) is 27.8. The highest BCUT2D eigenvalue weighted by atomic mass is 79.9. The van der Waals surface area contributed by atoms with E-state index in [9.17, 15) is 28.3 Å². The van der Waals surface area contributed by atoms with Crippen LogP contribution in [0.1, 0.15) is 125 Å².